The molecule has 0 saturated carbocycles. The van der Waals surface area contributed by atoms with Crippen LogP contribution in [0.3, 0.4) is 0 Å². The number of benzene rings is 1. The Hall–Kier alpha value is -1.64. The van der Waals surface area contributed by atoms with E-state index in [0.717, 1.165) is 5.56 Å². The minimum absolute atomic E-state index is 0.00601. The molecule has 0 N–H and O–H groups in total. The smallest absolute Gasteiger partial charge is 0.338 e. The highest BCUT2D eigenvalue weighted by atomic mass is 16.5. The third-order valence-electron chi connectivity index (χ3n) is 2.13. The van der Waals surface area contributed by atoms with Crippen molar-refractivity contribution < 1.29 is 14.3 Å². The Morgan fingerprint density at radius 2 is 2.00 bits per heavy atom. The van der Waals surface area contributed by atoms with Crippen LogP contribution in [0.1, 0.15) is 40.1 Å². The molecule has 0 aliphatic carbocycles. The van der Waals surface area contributed by atoms with Gasteiger partial charge in [-0.1, -0.05) is 6.07 Å². The molecule has 3 heteroatoms. The molecule has 0 bridgehead atoms. The predicted molar refractivity (Wildman–Crippen MR) is 57.1 cm³/mol. The van der Waals surface area contributed by atoms with E-state index in [1.165, 1.54) is 6.92 Å². The van der Waals surface area contributed by atoms with Crippen molar-refractivity contribution in [1.29, 1.82) is 0 Å². The van der Waals surface area contributed by atoms with Crippen molar-refractivity contribution in [1.82, 2.24) is 0 Å². The number of aryl methyl sites for hydroxylation is 1. The van der Waals surface area contributed by atoms with Gasteiger partial charge in [-0.3, -0.25) is 4.79 Å². The van der Waals surface area contributed by atoms with E-state index in [9.17, 15) is 9.59 Å². The summed E-state index contributed by atoms with van der Waals surface area (Å²) < 4.78 is 4.89. The second-order valence-corrected chi connectivity index (χ2v) is 3.31. The summed E-state index contributed by atoms with van der Waals surface area (Å²) >= 11 is 0. The molecule has 0 heterocycles. The lowest BCUT2D eigenvalue weighted by molar-refractivity contribution is 0.0525. The van der Waals surface area contributed by atoms with Crippen LogP contribution in [0.2, 0.25) is 0 Å². The summed E-state index contributed by atoms with van der Waals surface area (Å²) in [6.07, 6.45) is 0. The zero-order chi connectivity index (χ0) is 11.4. The highest BCUT2D eigenvalue weighted by Gasteiger charge is 2.11. The fourth-order valence-electron chi connectivity index (χ4n) is 1.32. The largest absolute Gasteiger partial charge is 0.462 e. The maximum Gasteiger partial charge on any atom is 0.338 e. The highest BCUT2D eigenvalue weighted by molar-refractivity contribution is 5.97. The van der Waals surface area contributed by atoms with E-state index in [1.54, 1.807) is 32.0 Å². The van der Waals surface area contributed by atoms with Crippen LogP contribution in [0.5, 0.6) is 0 Å². The minimum Gasteiger partial charge on any atom is -0.462 e. The van der Waals surface area contributed by atoms with Crippen LogP contribution >= 0.6 is 0 Å². The number of esters is 1. The van der Waals surface area contributed by atoms with Gasteiger partial charge in [0.1, 0.15) is 0 Å². The normalized spacial score (nSPS) is 9.80. The summed E-state index contributed by atoms with van der Waals surface area (Å²) in [5.41, 5.74) is 1.89. The number of Topliss-reactive ketones (excluding diaryl/α,β-unsaturated/α-hetero) is 1. The molecule has 0 spiro atoms. The zero-order valence-electron chi connectivity index (χ0n) is 9.16. The molecule has 0 fully saturated rings. The molecule has 0 radical (unpaired) electrons. The zero-order valence-corrected chi connectivity index (χ0v) is 9.16. The Kier molecular flexibility index (Phi) is 3.61. The van der Waals surface area contributed by atoms with Gasteiger partial charge in [-0.05, 0) is 38.5 Å². The highest BCUT2D eigenvalue weighted by Crippen LogP contribution is 2.12. The summed E-state index contributed by atoms with van der Waals surface area (Å²) in [4.78, 5) is 22.5. The molecule has 0 aliphatic rings. The first-order valence-electron chi connectivity index (χ1n) is 4.85. The van der Waals surface area contributed by atoms with Crippen LogP contribution in [0.4, 0.5) is 0 Å². The van der Waals surface area contributed by atoms with E-state index in [1.807, 2.05) is 0 Å². The lowest BCUT2D eigenvalue weighted by Gasteiger charge is -2.06. The fraction of sp³-hybridized carbons (Fsp3) is 0.333. The fourth-order valence-corrected chi connectivity index (χ4v) is 1.32. The lowest BCUT2D eigenvalue weighted by atomic mass is 10.0. The van der Waals surface area contributed by atoms with E-state index in [-0.39, 0.29) is 11.8 Å². The number of carbonyl (C=O) groups is 2. The summed E-state index contributed by atoms with van der Waals surface area (Å²) in [6, 6.07) is 4.97. The molecule has 1 aromatic rings. The van der Waals surface area contributed by atoms with Crippen LogP contribution in [-0.2, 0) is 4.74 Å². The average Bonchev–Trinajstić information content (AvgIpc) is 2.17. The monoisotopic (exact) mass is 206 g/mol. The van der Waals surface area contributed by atoms with Gasteiger partial charge in [0.15, 0.2) is 5.78 Å². The number of hydrogen-bond acceptors (Lipinski definition) is 3. The van der Waals surface area contributed by atoms with Crippen molar-refractivity contribution >= 4 is 11.8 Å². The topological polar surface area (TPSA) is 43.4 Å². The van der Waals surface area contributed by atoms with Gasteiger partial charge in [0.25, 0.3) is 0 Å². The third-order valence-corrected chi connectivity index (χ3v) is 2.13. The van der Waals surface area contributed by atoms with Crippen molar-refractivity contribution in [3.8, 4) is 0 Å². The number of hydrogen-bond donors (Lipinski definition) is 0. The summed E-state index contributed by atoms with van der Waals surface area (Å²) in [6.45, 7) is 5.40. The van der Waals surface area contributed by atoms with Gasteiger partial charge in [0.05, 0.1) is 12.2 Å². The molecular formula is C12H14O3. The van der Waals surface area contributed by atoms with E-state index in [2.05, 4.69) is 0 Å². The molecule has 0 atom stereocenters. The minimum atomic E-state index is -0.342. The van der Waals surface area contributed by atoms with Gasteiger partial charge >= 0.3 is 5.97 Å². The standard InChI is InChI=1S/C12H14O3/c1-4-15-12(14)11-6-5-10(9(3)13)7-8(11)2/h5-7H,4H2,1-3H3. The summed E-state index contributed by atoms with van der Waals surface area (Å²) in [5.74, 6) is -0.349. The Morgan fingerprint density at radius 1 is 1.33 bits per heavy atom. The molecule has 0 aliphatic heterocycles. The number of carbonyl (C=O) groups excluding carboxylic acids is 2. The van der Waals surface area contributed by atoms with Crippen LogP contribution < -0.4 is 0 Å². The van der Waals surface area contributed by atoms with E-state index in [4.69, 9.17) is 4.74 Å². The van der Waals surface area contributed by atoms with Crippen molar-refractivity contribution in [3.63, 3.8) is 0 Å². The maximum atomic E-state index is 11.4. The molecule has 0 unspecified atom stereocenters. The van der Waals surface area contributed by atoms with Crippen LogP contribution in [0, 0.1) is 6.92 Å². The third kappa shape index (κ3) is 2.65. The molecule has 15 heavy (non-hydrogen) atoms. The van der Waals surface area contributed by atoms with Gasteiger partial charge < -0.3 is 4.74 Å². The van der Waals surface area contributed by atoms with Gasteiger partial charge in [-0.15, -0.1) is 0 Å². The van der Waals surface area contributed by atoms with E-state index >= 15 is 0 Å². The Morgan fingerprint density at radius 3 is 2.47 bits per heavy atom. The number of ketones is 1. The van der Waals surface area contributed by atoms with Crippen LogP contribution in [0.15, 0.2) is 18.2 Å². The summed E-state index contributed by atoms with van der Waals surface area (Å²) in [5, 5.41) is 0. The second kappa shape index (κ2) is 4.73. The van der Waals surface area contributed by atoms with Crippen molar-refractivity contribution in [2.24, 2.45) is 0 Å². The van der Waals surface area contributed by atoms with Gasteiger partial charge in [0.2, 0.25) is 0 Å². The van der Waals surface area contributed by atoms with E-state index < -0.39 is 0 Å². The molecule has 0 amide bonds. The first-order chi connectivity index (χ1) is 7.06. The molecule has 80 valence electrons. The second-order valence-electron chi connectivity index (χ2n) is 3.31. The van der Waals surface area contributed by atoms with Gasteiger partial charge in [-0.2, -0.15) is 0 Å². The van der Waals surface area contributed by atoms with Crippen molar-refractivity contribution in [3.05, 3.63) is 34.9 Å². The van der Waals surface area contributed by atoms with Crippen LogP contribution in [0.25, 0.3) is 0 Å². The van der Waals surface area contributed by atoms with Crippen molar-refractivity contribution in [2.75, 3.05) is 6.61 Å². The molecule has 0 aromatic heterocycles. The SMILES string of the molecule is CCOC(=O)c1ccc(C(C)=O)cc1C. The van der Waals surface area contributed by atoms with E-state index in [0.29, 0.717) is 17.7 Å². The lowest BCUT2D eigenvalue weighted by Crippen LogP contribution is -2.07. The van der Waals surface area contributed by atoms with Gasteiger partial charge in [-0.25, -0.2) is 4.79 Å². The molecular weight excluding hydrogens is 192 g/mol. The van der Waals surface area contributed by atoms with Crippen LogP contribution in [-0.4, -0.2) is 18.4 Å². The Balaban J connectivity index is 3.03. The quantitative estimate of drug-likeness (QED) is 0.563. The number of ether oxygens (including phenoxy) is 1. The average molecular weight is 206 g/mol. The number of rotatable bonds is 3. The Bertz CT molecular complexity index is 394. The Labute approximate surface area is 89.1 Å². The first-order valence-corrected chi connectivity index (χ1v) is 4.85. The first kappa shape index (κ1) is 11.4. The molecule has 1 rings (SSSR count). The van der Waals surface area contributed by atoms with Crippen molar-refractivity contribution in [2.45, 2.75) is 20.8 Å². The molecule has 1 aromatic carbocycles. The molecule has 3 nitrogen and oxygen atoms in total. The van der Waals surface area contributed by atoms with Gasteiger partial charge in [0, 0.05) is 5.56 Å². The maximum absolute atomic E-state index is 11.4. The summed E-state index contributed by atoms with van der Waals surface area (Å²) in [7, 11) is 0. The molecule has 0 saturated heterocycles. The predicted octanol–water partition coefficient (Wildman–Crippen LogP) is 2.37.